The molecule has 0 aliphatic rings. The van der Waals surface area contributed by atoms with Crippen molar-refractivity contribution in [3.8, 4) is 0 Å². The molecule has 1 aromatic carbocycles. The van der Waals surface area contributed by atoms with Crippen molar-refractivity contribution >= 4 is 35.3 Å². The average Bonchev–Trinajstić information content (AvgIpc) is 2.58. The van der Waals surface area contributed by atoms with Gasteiger partial charge < -0.3 is 15.5 Å². The third kappa shape index (κ3) is 4.75. The lowest BCUT2D eigenvalue weighted by molar-refractivity contribution is -0.137. The van der Waals surface area contributed by atoms with E-state index in [0.29, 0.717) is 11.1 Å². The summed E-state index contributed by atoms with van der Waals surface area (Å²) >= 11 is 1.24. The van der Waals surface area contributed by atoms with Crippen molar-refractivity contribution < 1.29 is 18.0 Å². The normalized spacial score (nSPS) is 11.3. The van der Waals surface area contributed by atoms with Gasteiger partial charge in [0.15, 0.2) is 5.16 Å². The minimum Gasteiger partial charge on any atom is -0.368 e. The number of hydrogen-bond donors (Lipinski definition) is 1. The van der Waals surface area contributed by atoms with Crippen LogP contribution in [0.2, 0.25) is 0 Å². The Hall–Kier alpha value is -2.56. The minimum atomic E-state index is -4.52. The van der Waals surface area contributed by atoms with Crippen molar-refractivity contribution in [1.29, 1.82) is 0 Å². The smallest absolute Gasteiger partial charge is 0.368 e. The molecule has 1 amide bonds. The predicted molar refractivity (Wildman–Crippen MR) is 93.6 cm³/mol. The highest BCUT2D eigenvalue weighted by Crippen LogP contribution is 2.33. The fourth-order valence-electron chi connectivity index (χ4n) is 2.03. The number of primary amides is 1. The van der Waals surface area contributed by atoms with Gasteiger partial charge in [0.05, 0.1) is 5.56 Å². The van der Waals surface area contributed by atoms with E-state index in [1.807, 2.05) is 0 Å². The number of nitrogens with two attached hydrogens (primary N) is 1. The van der Waals surface area contributed by atoms with Crippen molar-refractivity contribution in [3.63, 3.8) is 0 Å². The standard InChI is InChI=1S/C15H17F3N6OS/c1-23(2)12-20-13(22-14(21-12)26-3)24(8-11(19)25)10-6-4-5-9(7-10)15(16,17)18/h4-7H,8H2,1-3H3,(H2,19,25). The Morgan fingerprint density at radius 3 is 2.38 bits per heavy atom. The molecule has 7 nitrogen and oxygen atoms in total. The maximum Gasteiger partial charge on any atom is 0.416 e. The number of amides is 1. The number of aromatic nitrogens is 3. The Kier molecular flexibility index (Phi) is 5.90. The maximum absolute atomic E-state index is 13.0. The number of alkyl halides is 3. The molecule has 0 bridgehead atoms. The molecule has 140 valence electrons. The first-order valence-electron chi connectivity index (χ1n) is 7.32. The fraction of sp³-hybridized carbons (Fsp3) is 0.333. The van der Waals surface area contributed by atoms with Crippen molar-refractivity contribution in [1.82, 2.24) is 15.0 Å². The lowest BCUT2D eigenvalue weighted by Gasteiger charge is -2.23. The van der Waals surface area contributed by atoms with Crippen LogP contribution in [-0.2, 0) is 11.0 Å². The van der Waals surface area contributed by atoms with Crippen LogP contribution in [0.5, 0.6) is 0 Å². The van der Waals surface area contributed by atoms with E-state index in [2.05, 4.69) is 15.0 Å². The zero-order chi connectivity index (χ0) is 19.5. The minimum absolute atomic E-state index is 0.0335. The van der Waals surface area contributed by atoms with Gasteiger partial charge in [-0.15, -0.1) is 0 Å². The van der Waals surface area contributed by atoms with Crippen LogP contribution in [0.1, 0.15) is 5.56 Å². The van der Waals surface area contributed by atoms with Crippen LogP contribution in [0, 0.1) is 0 Å². The van der Waals surface area contributed by atoms with Crippen LogP contribution >= 0.6 is 11.8 Å². The van der Waals surface area contributed by atoms with Crippen LogP contribution in [0.15, 0.2) is 29.4 Å². The number of halogens is 3. The van der Waals surface area contributed by atoms with E-state index in [9.17, 15) is 18.0 Å². The SMILES string of the molecule is CSc1nc(N(C)C)nc(N(CC(N)=O)c2cccc(C(F)(F)F)c2)n1. The summed E-state index contributed by atoms with van der Waals surface area (Å²) in [5.41, 5.74) is 4.52. The highest BCUT2D eigenvalue weighted by Gasteiger charge is 2.31. The first-order chi connectivity index (χ1) is 12.1. The van der Waals surface area contributed by atoms with Gasteiger partial charge in [-0.3, -0.25) is 4.79 Å². The Bertz CT molecular complexity index is 799. The summed E-state index contributed by atoms with van der Waals surface area (Å²) in [5, 5.41) is 0.361. The molecule has 0 aliphatic heterocycles. The molecule has 0 unspecified atom stereocenters. The first kappa shape index (κ1) is 19.8. The van der Waals surface area contributed by atoms with Gasteiger partial charge in [-0.05, 0) is 24.5 Å². The van der Waals surface area contributed by atoms with Gasteiger partial charge in [-0.2, -0.15) is 28.1 Å². The molecule has 2 N–H and O–H groups in total. The van der Waals surface area contributed by atoms with Crippen molar-refractivity contribution in [3.05, 3.63) is 29.8 Å². The number of carbonyl (C=O) groups is 1. The second-order valence-corrected chi connectivity index (χ2v) is 6.19. The van der Waals surface area contributed by atoms with Gasteiger partial charge in [-0.25, -0.2) is 0 Å². The lowest BCUT2D eigenvalue weighted by atomic mass is 10.2. The molecule has 0 saturated heterocycles. The molecule has 0 saturated carbocycles. The van der Waals surface area contributed by atoms with E-state index in [4.69, 9.17) is 5.73 Å². The van der Waals surface area contributed by atoms with Crippen LogP contribution in [0.3, 0.4) is 0 Å². The van der Waals surface area contributed by atoms with Gasteiger partial charge in [0, 0.05) is 19.8 Å². The lowest BCUT2D eigenvalue weighted by Crippen LogP contribution is -2.32. The number of benzene rings is 1. The second kappa shape index (κ2) is 7.77. The summed E-state index contributed by atoms with van der Waals surface area (Å²) < 4.78 is 39.1. The zero-order valence-electron chi connectivity index (χ0n) is 14.3. The van der Waals surface area contributed by atoms with E-state index in [1.165, 1.54) is 28.8 Å². The number of nitrogens with zero attached hydrogens (tertiary/aromatic N) is 5. The molecule has 0 fully saturated rings. The van der Waals surface area contributed by atoms with E-state index in [-0.39, 0.29) is 18.2 Å². The van der Waals surface area contributed by atoms with Gasteiger partial charge in [0.25, 0.3) is 0 Å². The first-order valence-corrected chi connectivity index (χ1v) is 8.54. The molecular formula is C15H17F3N6OS. The molecule has 1 heterocycles. The second-order valence-electron chi connectivity index (χ2n) is 5.42. The van der Waals surface area contributed by atoms with Crippen LogP contribution in [0.4, 0.5) is 30.8 Å². The third-order valence-corrected chi connectivity index (χ3v) is 3.76. The van der Waals surface area contributed by atoms with E-state index >= 15 is 0 Å². The largest absolute Gasteiger partial charge is 0.416 e. The predicted octanol–water partition coefficient (Wildman–Crippen LogP) is 2.30. The fourth-order valence-corrected chi connectivity index (χ4v) is 2.38. The van der Waals surface area contributed by atoms with Gasteiger partial charge in [0.2, 0.25) is 17.8 Å². The zero-order valence-corrected chi connectivity index (χ0v) is 15.1. The Labute approximate surface area is 152 Å². The summed E-state index contributed by atoms with van der Waals surface area (Å²) in [6, 6.07) is 4.53. The molecule has 2 aromatic rings. The molecule has 0 aliphatic carbocycles. The number of carbonyl (C=O) groups excluding carboxylic acids is 1. The van der Waals surface area contributed by atoms with Crippen LogP contribution < -0.4 is 15.5 Å². The van der Waals surface area contributed by atoms with Crippen LogP contribution in [-0.4, -0.2) is 47.8 Å². The highest BCUT2D eigenvalue weighted by molar-refractivity contribution is 7.98. The molecule has 11 heteroatoms. The summed E-state index contributed by atoms with van der Waals surface area (Å²) in [7, 11) is 3.43. The Morgan fingerprint density at radius 1 is 1.19 bits per heavy atom. The van der Waals surface area contributed by atoms with E-state index in [1.54, 1.807) is 25.3 Å². The third-order valence-electron chi connectivity index (χ3n) is 3.21. The van der Waals surface area contributed by atoms with E-state index < -0.39 is 17.6 Å². The average molecular weight is 386 g/mol. The number of anilines is 3. The van der Waals surface area contributed by atoms with Gasteiger partial charge in [0.1, 0.15) is 6.54 Å². The quantitative estimate of drug-likeness (QED) is 0.762. The number of thioether (sulfide) groups is 1. The van der Waals surface area contributed by atoms with Crippen molar-refractivity contribution in [2.45, 2.75) is 11.3 Å². The molecule has 0 spiro atoms. The number of hydrogen-bond acceptors (Lipinski definition) is 7. The molecule has 0 atom stereocenters. The summed E-state index contributed by atoms with van der Waals surface area (Å²) in [6.45, 7) is -0.383. The maximum atomic E-state index is 13.0. The van der Waals surface area contributed by atoms with E-state index in [0.717, 1.165) is 12.1 Å². The monoisotopic (exact) mass is 386 g/mol. The molecule has 2 rings (SSSR count). The summed E-state index contributed by atoms with van der Waals surface area (Å²) in [4.78, 5) is 27.0. The van der Waals surface area contributed by atoms with Crippen molar-refractivity contribution in [2.24, 2.45) is 5.73 Å². The van der Waals surface area contributed by atoms with Crippen molar-refractivity contribution in [2.75, 3.05) is 36.7 Å². The van der Waals surface area contributed by atoms with Crippen LogP contribution in [0.25, 0.3) is 0 Å². The molecule has 26 heavy (non-hydrogen) atoms. The van der Waals surface area contributed by atoms with Gasteiger partial charge >= 0.3 is 6.18 Å². The molecule has 0 radical (unpaired) electrons. The number of rotatable bonds is 6. The summed E-state index contributed by atoms with van der Waals surface area (Å²) in [5.74, 6) is -0.396. The molecular weight excluding hydrogens is 369 g/mol. The molecule has 1 aromatic heterocycles. The Balaban J connectivity index is 2.59. The Morgan fingerprint density at radius 2 is 1.85 bits per heavy atom. The topological polar surface area (TPSA) is 88.2 Å². The summed E-state index contributed by atoms with van der Waals surface area (Å²) in [6.07, 6.45) is -2.77. The highest BCUT2D eigenvalue weighted by atomic mass is 32.2. The van der Waals surface area contributed by atoms with Gasteiger partial charge in [-0.1, -0.05) is 17.8 Å².